The van der Waals surface area contributed by atoms with Crippen LogP contribution >= 0.6 is 11.6 Å². The fourth-order valence-corrected chi connectivity index (χ4v) is 2.85. The highest BCUT2D eigenvalue weighted by molar-refractivity contribution is 6.30. The predicted octanol–water partition coefficient (Wildman–Crippen LogP) is 6.77. The minimum absolute atomic E-state index is 0.678. The standard InChI is InChI=1S/C23H17ClN2O/c24-19-13-11-18(12-14-19)23-16-15-22(27-23)17-25-26(20-7-3-1-4-8-20)21-9-5-2-6-10-21/h1-17H/b25-17+. The van der Waals surface area contributed by atoms with Gasteiger partial charge >= 0.3 is 0 Å². The number of para-hydroxylation sites is 2. The van der Waals surface area contributed by atoms with Gasteiger partial charge in [0.2, 0.25) is 0 Å². The maximum atomic E-state index is 5.95. The Morgan fingerprint density at radius 3 is 1.89 bits per heavy atom. The van der Waals surface area contributed by atoms with Crippen LogP contribution in [0, 0.1) is 0 Å². The van der Waals surface area contributed by atoms with Crippen LogP contribution in [0.25, 0.3) is 11.3 Å². The molecular formula is C23H17ClN2O. The van der Waals surface area contributed by atoms with Gasteiger partial charge in [0.1, 0.15) is 11.5 Å². The summed E-state index contributed by atoms with van der Waals surface area (Å²) in [5.74, 6) is 1.45. The summed E-state index contributed by atoms with van der Waals surface area (Å²) >= 11 is 5.95. The summed E-state index contributed by atoms with van der Waals surface area (Å²) in [5, 5.41) is 7.23. The van der Waals surface area contributed by atoms with Crippen molar-refractivity contribution in [3.8, 4) is 11.3 Å². The Bertz CT molecular complexity index is 985. The molecule has 0 unspecified atom stereocenters. The Kier molecular flexibility index (Phi) is 5.04. The van der Waals surface area contributed by atoms with E-state index < -0.39 is 0 Å². The quantitative estimate of drug-likeness (QED) is 0.285. The van der Waals surface area contributed by atoms with E-state index in [2.05, 4.69) is 5.10 Å². The van der Waals surface area contributed by atoms with Gasteiger partial charge in [-0.05, 0) is 60.7 Å². The van der Waals surface area contributed by atoms with Crippen molar-refractivity contribution in [1.82, 2.24) is 0 Å². The molecule has 0 N–H and O–H groups in total. The molecular weight excluding hydrogens is 356 g/mol. The zero-order chi connectivity index (χ0) is 18.5. The van der Waals surface area contributed by atoms with Gasteiger partial charge in [-0.15, -0.1) is 0 Å². The van der Waals surface area contributed by atoms with Gasteiger partial charge < -0.3 is 4.42 Å². The smallest absolute Gasteiger partial charge is 0.147 e. The minimum atomic E-state index is 0.678. The molecule has 0 saturated heterocycles. The number of hydrogen-bond acceptors (Lipinski definition) is 3. The minimum Gasteiger partial charge on any atom is -0.455 e. The van der Waals surface area contributed by atoms with E-state index in [-0.39, 0.29) is 0 Å². The Labute approximate surface area is 163 Å². The molecule has 0 saturated carbocycles. The Balaban J connectivity index is 1.62. The zero-order valence-electron chi connectivity index (χ0n) is 14.5. The molecule has 0 aliphatic rings. The molecule has 0 aliphatic heterocycles. The van der Waals surface area contributed by atoms with Crippen LogP contribution in [0.15, 0.2) is 107 Å². The molecule has 0 spiro atoms. The van der Waals surface area contributed by atoms with E-state index in [0.29, 0.717) is 10.8 Å². The Morgan fingerprint density at radius 1 is 0.704 bits per heavy atom. The van der Waals surface area contributed by atoms with Crippen molar-refractivity contribution in [2.24, 2.45) is 5.10 Å². The molecule has 0 bridgehead atoms. The van der Waals surface area contributed by atoms with Crippen molar-refractivity contribution in [3.63, 3.8) is 0 Å². The lowest BCUT2D eigenvalue weighted by atomic mass is 10.2. The first-order chi connectivity index (χ1) is 13.3. The number of hydrogen-bond donors (Lipinski definition) is 0. The highest BCUT2D eigenvalue weighted by Crippen LogP contribution is 2.26. The molecule has 4 aromatic rings. The molecule has 1 heterocycles. The molecule has 3 aromatic carbocycles. The lowest BCUT2D eigenvalue weighted by Gasteiger charge is -2.18. The summed E-state index contributed by atoms with van der Waals surface area (Å²) in [7, 11) is 0. The van der Waals surface area contributed by atoms with Gasteiger partial charge in [-0.25, -0.2) is 5.01 Å². The van der Waals surface area contributed by atoms with Crippen LogP contribution in [0.2, 0.25) is 5.02 Å². The van der Waals surface area contributed by atoms with Crippen molar-refractivity contribution in [2.45, 2.75) is 0 Å². The van der Waals surface area contributed by atoms with E-state index in [0.717, 1.165) is 22.7 Å². The molecule has 0 fully saturated rings. The summed E-state index contributed by atoms with van der Waals surface area (Å²) in [6, 6.07) is 31.4. The molecule has 27 heavy (non-hydrogen) atoms. The number of hydrazone groups is 1. The third-order valence-corrected chi connectivity index (χ3v) is 4.31. The summed E-state index contributed by atoms with van der Waals surface area (Å²) in [4.78, 5) is 0. The zero-order valence-corrected chi connectivity index (χ0v) is 15.3. The average Bonchev–Trinajstić information content (AvgIpc) is 3.19. The monoisotopic (exact) mass is 372 g/mol. The summed E-state index contributed by atoms with van der Waals surface area (Å²) in [5.41, 5.74) is 2.93. The molecule has 0 amide bonds. The largest absolute Gasteiger partial charge is 0.455 e. The average molecular weight is 373 g/mol. The van der Waals surface area contributed by atoms with Crippen LogP contribution in [0.5, 0.6) is 0 Å². The van der Waals surface area contributed by atoms with Crippen LogP contribution in [-0.2, 0) is 0 Å². The summed E-state index contributed by atoms with van der Waals surface area (Å²) < 4.78 is 5.91. The number of furan rings is 1. The van der Waals surface area contributed by atoms with Crippen molar-refractivity contribution in [2.75, 3.05) is 5.01 Å². The van der Waals surface area contributed by atoms with Crippen molar-refractivity contribution in [3.05, 3.63) is 108 Å². The third-order valence-electron chi connectivity index (χ3n) is 4.06. The maximum Gasteiger partial charge on any atom is 0.147 e. The first kappa shape index (κ1) is 17.1. The van der Waals surface area contributed by atoms with Crippen LogP contribution in [0.4, 0.5) is 11.4 Å². The van der Waals surface area contributed by atoms with E-state index in [4.69, 9.17) is 16.0 Å². The van der Waals surface area contributed by atoms with Gasteiger partial charge in [0, 0.05) is 10.6 Å². The third kappa shape index (κ3) is 4.10. The Hall–Kier alpha value is -3.30. The number of rotatable bonds is 5. The molecule has 3 nitrogen and oxygen atoms in total. The summed E-state index contributed by atoms with van der Waals surface area (Å²) in [6.45, 7) is 0. The van der Waals surface area contributed by atoms with E-state index in [1.165, 1.54) is 0 Å². The van der Waals surface area contributed by atoms with Crippen LogP contribution in [0.1, 0.15) is 5.76 Å². The fourth-order valence-electron chi connectivity index (χ4n) is 2.73. The number of nitrogens with zero attached hydrogens (tertiary/aromatic N) is 2. The molecule has 0 atom stereocenters. The first-order valence-corrected chi connectivity index (χ1v) is 8.97. The fraction of sp³-hybridized carbons (Fsp3) is 0. The predicted molar refractivity (Wildman–Crippen MR) is 112 cm³/mol. The topological polar surface area (TPSA) is 28.7 Å². The lowest BCUT2D eigenvalue weighted by Crippen LogP contribution is -2.08. The Morgan fingerprint density at radius 2 is 1.30 bits per heavy atom. The number of halogens is 1. The molecule has 4 rings (SSSR count). The number of benzene rings is 3. The van der Waals surface area contributed by atoms with Gasteiger partial charge in [-0.2, -0.15) is 5.10 Å². The van der Waals surface area contributed by atoms with E-state index in [1.54, 1.807) is 6.21 Å². The normalized spacial score (nSPS) is 11.0. The van der Waals surface area contributed by atoms with E-state index >= 15 is 0 Å². The van der Waals surface area contributed by atoms with Crippen molar-refractivity contribution < 1.29 is 4.42 Å². The van der Waals surface area contributed by atoms with Gasteiger partial charge in [0.25, 0.3) is 0 Å². The lowest BCUT2D eigenvalue weighted by molar-refractivity contribution is 0.575. The maximum absolute atomic E-state index is 5.95. The number of anilines is 2. The van der Waals surface area contributed by atoms with Crippen LogP contribution in [0.3, 0.4) is 0 Å². The second kappa shape index (κ2) is 7.94. The molecule has 4 heteroatoms. The van der Waals surface area contributed by atoms with E-state index in [9.17, 15) is 0 Å². The van der Waals surface area contributed by atoms with Gasteiger partial charge in [0.05, 0.1) is 17.6 Å². The van der Waals surface area contributed by atoms with Gasteiger partial charge in [-0.1, -0.05) is 48.0 Å². The second-order valence-electron chi connectivity index (χ2n) is 5.94. The molecule has 132 valence electrons. The van der Waals surface area contributed by atoms with Gasteiger partial charge in [-0.3, -0.25) is 0 Å². The summed E-state index contributed by atoms with van der Waals surface area (Å²) in [6.07, 6.45) is 1.72. The molecule has 1 aromatic heterocycles. The second-order valence-corrected chi connectivity index (χ2v) is 6.37. The highest BCUT2D eigenvalue weighted by atomic mass is 35.5. The van der Waals surface area contributed by atoms with Gasteiger partial charge in [0.15, 0.2) is 0 Å². The highest BCUT2D eigenvalue weighted by Gasteiger charge is 2.08. The van der Waals surface area contributed by atoms with Crippen molar-refractivity contribution in [1.29, 1.82) is 0 Å². The molecule has 0 radical (unpaired) electrons. The molecule has 0 aliphatic carbocycles. The van der Waals surface area contributed by atoms with Crippen LogP contribution in [-0.4, -0.2) is 6.21 Å². The van der Waals surface area contributed by atoms with Crippen LogP contribution < -0.4 is 5.01 Å². The SMILES string of the molecule is Clc1ccc(-c2ccc(/C=N/N(c3ccccc3)c3ccccc3)o2)cc1. The first-order valence-electron chi connectivity index (χ1n) is 8.59. The van der Waals surface area contributed by atoms with E-state index in [1.807, 2.05) is 102 Å². The van der Waals surface area contributed by atoms with Crippen molar-refractivity contribution >= 4 is 29.2 Å².